The summed E-state index contributed by atoms with van der Waals surface area (Å²) in [6, 6.07) is 15.1. The van der Waals surface area contributed by atoms with Crippen molar-refractivity contribution < 1.29 is 9.59 Å². The number of hydrogen-bond acceptors (Lipinski definition) is 2. The highest BCUT2D eigenvalue weighted by molar-refractivity contribution is 6.30. The molecule has 0 aliphatic carbocycles. The van der Waals surface area contributed by atoms with Crippen LogP contribution in [0.4, 0.5) is 4.79 Å². The molecule has 6 heteroatoms. The zero-order chi connectivity index (χ0) is 20.8. The number of benzene rings is 2. The van der Waals surface area contributed by atoms with Crippen LogP contribution in [-0.4, -0.2) is 36.0 Å². The number of nitrogens with one attached hydrogen (secondary N) is 2. The number of piperidine rings is 1. The van der Waals surface area contributed by atoms with Gasteiger partial charge < -0.3 is 15.5 Å². The summed E-state index contributed by atoms with van der Waals surface area (Å²) in [5.41, 5.74) is 2.90. The van der Waals surface area contributed by atoms with Crippen molar-refractivity contribution in [2.24, 2.45) is 0 Å². The summed E-state index contributed by atoms with van der Waals surface area (Å²) < 4.78 is 0. The molecular formula is C23H28ClN3O2. The van der Waals surface area contributed by atoms with Gasteiger partial charge in [0.05, 0.1) is 0 Å². The van der Waals surface area contributed by atoms with E-state index in [1.165, 1.54) is 5.56 Å². The Bertz CT molecular complexity index is 843. The van der Waals surface area contributed by atoms with Gasteiger partial charge in [-0.05, 0) is 54.2 Å². The summed E-state index contributed by atoms with van der Waals surface area (Å²) in [6.45, 7) is 5.99. The van der Waals surface area contributed by atoms with Crippen LogP contribution in [0, 0.1) is 0 Å². The molecule has 5 nitrogen and oxygen atoms in total. The van der Waals surface area contributed by atoms with Crippen LogP contribution in [-0.2, 0) is 6.54 Å². The fourth-order valence-corrected chi connectivity index (χ4v) is 3.59. The maximum atomic E-state index is 12.8. The van der Waals surface area contributed by atoms with Gasteiger partial charge in [-0.15, -0.1) is 0 Å². The molecule has 1 aliphatic rings. The van der Waals surface area contributed by atoms with Crippen molar-refractivity contribution in [2.45, 2.75) is 45.2 Å². The number of rotatable bonds is 5. The van der Waals surface area contributed by atoms with Crippen molar-refractivity contribution >= 4 is 23.5 Å². The van der Waals surface area contributed by atoms with Gasteiger partial charge in [0.15, 0.2) is 0 Å². The van der Waals surface area contributed by atoms with E-state index in [0.717, 1.165) is 24.0 Å². The van der Waals surface area contributed by atoms with E-state index in [9.17, 15) is 9.59 Å². The average Bonchev–Trinajstić information content (AvgIpc) is 2.73. The van der Waals surface area contributed by atoms with Crippen LogP contribution in [0.15, 0.2) is 48.5 Å². The third-order valence-corrected chi connectivity index (χ3v) is 5.54. The lowest BCUT2D eigenvalue weighted by molar-refractivity contribution is 0.0708. The molecule has 0 saturated carbocycles. The number of carbonyl (C=O) groups excluding carboxylic acids is 2. The molecule has 0 radical (unpaired) electrons. The second-order valence-electron chi connectivity index (χ2n) is 7.80. The van der Waals surface area contributed by atoms with E-state index in [-0.39, 0.29) is 18.0 Å². The van der Waals surface area contributed by atoms with E-state index in [0.29, 0.717) is 30.6 Å². The molecule has 0 atom stereocenters. The van der Waals surface area contributed by atoms with E-state index in [1.54, 1.807) is 12.1 Å². The van der Waals surface area contributed by atoms with E-state index in [1.807, 2.05) is 35.2 Å². The Hall–Kier alpha value is -2.53. The summed E-state index contributed by atoms with van der Waals surface area (Å²) in [5.74, 6) is 0.460. The molecule has 3 rings (SSSR count). The van der Waals surface area contributed by atoms with Gasteiger partial charge in [0.2, 0.25) is 0 Å². The maximum Gasteiger partial charge on any atom is 0.315 e. The molecule has 0 spiro atoms. The number of urea groups is 1. The smallest absolute Gasteiger partial charge is 0.315 e. The van der Waals surface area contributed by atoms with Crippen molar-refractivity contribution in [3.8, 4) is 0 Å². The van der Waals surface area contributed by atoms with Crippen molar-refractivity contribution in [2.75, 3.05) is 13.1 Å². The molecule has 1 fully saturated rings. The zero-order valence-corrected chi connectivity index (χ0v) is 17.7. The molecule has 0 aromatic heterocycles. The number of hydrogen-bond donors (Lipinski definition) is 2. The summed E-state index contributed by atoms with van der Waals surface area (Å²) in [6.07, 6.45) is 1.51. The first-order valence-electron chi connectivity index (χ1n) is 10.1. The third-order valence-electron chi connectivity index (χ3n) is 5.28. The highest BCUT2D eigenvalue weighted by atomic mass is 35.5. The van der Waals surface area contributed by atoms with Gasteiger partial charge >= 0.3 is 6.03 Å². The lowest BCUT2D eigenvalue weighted by Gasteiger charge is -2.32. The molecule has 29 heavy (non-hydrogen) atoms. The molecule has 1 heterocycles. The van der Waals surface area contributed by atoms with Crippen molar-refractivity contribution in [3.05, 3.63) is 70.2 Å². The lowest BCUT2D eigenvalue weighted by atomic mass is 9.99. The van der Waals surface area contributed by atoms with Crippen LogP contribution in [0.25, 0.3) is 0 Å². The minimum absolute atomic E-state index is 0.0677. The van der Waals surface area contributed by atoms with E-state index >= 15 is 0 Å². The van der Waals surface area contributed by atoms with Gasteiger partial charge in [-0.3, -0.25) is 4.79 Å². The molecule has 2 aromatic carbocycles. The standard InChI is InChI=1S/C23H28ClN3O2/c1-16(2)18-4-3-5-19(14-18)22(28)27-12-10-21(11-13-27)26-23(29)25-15-17-6-8-20(24)9-7-17/h3-9,14,16,21H,10-13,15H2,1-2H3,(H2,25,26,29). The Kier molecular flexibility index (Phi) is 7.15. The van der Waals surface area contributed by atoms with Gasteiger partial charge in [0.25, 0.3) is 5.91 Å². The minimum atomic E-state index is -0.186. The highest BCUT2D eigenvalue weighted by Gasteiger charge is 2.24. The Morgan fingerprint density at radius 2 is 1.79 bits per heavy atom. The first-order valence-corrected chi connectivity index (χ1v) is 10.5. The second-order valence-corrected chi connectivity index (χ2v) is 8.24. The Balaban J connectivity index is 1.45. The fraction of sp³-hybridized carbons (Fsp3) is 0.391. The predicted molar refractivity (Wildman–Crippen MR) is 116 cm³/mol. The Morgan fingerprint density at radius 1 is 1.10 bits per heavy atom. The van der Waals surface area contributed by atoms with Crippen LogP contribution >= 0.6 is 11.6 Å². The summed E-state index contributed by atoms with van der Waals surface area (Å²) in [5, 5.41) is 6.55. The summed E-state index contributed by atoms with van der Waals surface area (Å²) in [7, 11) is 0. The first kappa shape index (κ1) is 21.2. The quantitative estimate of drug-likeness (QED) is 0.754. The van der Waals surface area contributed by atoms with Gasteiger partial charge in [0.1, 0.15) is 0 Å². The van der Waals surface area contributed by atoms with E-state index < -0.39 is 0 Å². The van der Waals surface area contributed by atoms with Crippen LogP contribution in [0.5, 0.6) is 0 Å². The molecule has 0 bridgehead atoms. The SMILES string of the molecule is CC(C)c1cccc(C(=O)N2CCC(NC(=O)NCc3ccc(Cl)cc3)CC2)c1. The highest BCUT2D eigenvalue weighted by Crippen LogP contribution is 2.19. The molecule has 3 amide bonds. The van der Waals surface area contributed by atoms with Gasteiger partial charge in [-0.25, -0.2) is 4.79 Å². The monoisotopic (exact) mass is 413 g/mol. The first-order chi connectivity index (χ1) is 13.9. The number of halogens is 1. The van der Waals surface area contributed by atoms with Crippen molar-refractivity contribution in [1.82, 2.24) is 15.5 Å². The fourth-order valence-electron chi connectivity index (χ4n) is 3.46. The number of carbonyl (C=O) groups is 2. The summed E-state index contributed by atoms with van der Waals surface area (Å²) >= 11 is 5.87. The minimum Gasteiger partial charge on any atom is -0.338 e. The molecule has 1 saturated heterocycles. The largest absolute Gasteiger partial charge is 0.338 e. The molecule has 2 N–H and O–H groups in total. The normalized spacial score (nSPS) is 14.7. The Labute approximate surface area is 177 Å². The topological polar surface area (TPSA) is 61.4 Å². The summed E-state index contributed by atoms with van der Waals surface area (Å²) in [4.78, 5) is 26.8. The van der Waals surface area contributed by atoms with Gasteiger partial charge in [0, 0.05) is 36.3 Å². The predicted octanol–water partition coefficient (Wildman–Crippen LogP) is 4.57. The maximum absolute atomic E-state index is 12.8. The van der Waals surface area contributed by atoms with Gasteiger partial charge in [-0.2, -0.15) is 0 Å². The molecule has 0 unspecified atom stereocenters. The number of nitrogens with zero attached hydrogens (tertiary/aromatic N) is 1. The molecular weight excluding hydrogens is 386 g/mol. The van der Waals surface area contributed by atoms with Gasteiger partial charge in [-0.1, -0.05) is 49.7 Å². The van der Waals surface area contributed by atoms with Crippen molar-refractivity contribution in [1.29, 1.82) is 0 Å². The van der Waals surface area contributed by atoms with Crippen LogP contribution in [0.1, 0.15) is 54.1 Å². The average molecular weight is 414 g/mol. The second kappa shape index (κ2) is 9.79. The number of amides is 3. The number of likely N-dealkylation sites (tertiary alicyclic amines) is 1. The molecule has 1 aliphatic heterocycles. The van der Waals surface area contributed by atoms with Crippen LogP contribution in [0.2, 0.25) is 5.02 Å². The zero-order valence-electron chi connectivity index (χ0n) is 17.0. The van der Waals surface area contributed by atoms with Crippen LogP contribution < -0.4 is 10.6 Å². The van der Waals surface area contributed by atoms with Crippen molar-refractivity contribution in [3.63, 3.8) is 0 Å². The van der Waals surface area contributed by atoms with Crippen LogP contribution in [0.3, 0.4) is 0 Å². The third kappa shape index (κ3) is 5.97. The molecule has 154 valence electrons. The molecule has 2 aromatic rings. The van der Waals surface area contributed by atoms with E-state index in [4.69, 9.17) is 11.6 Å². The van der Waals surface area contributed by atoms with E-state index in [2.05, 4.69) is 30.5 Å². The Morgan fingerprint density at radius 3 is 2.45 bits per heavy atom. The lowest BCUT2D eigenvalue weighted by Crippen LogP contribution is -2.49.